The molecule has 1 fully saturated rings. The second kappa shape index (κ2) is 6.16. The largest absolute Gasteiger partial charge is 0.293 e. The fourth-order valence-corrected chi connectivity index (χ4v) is 5.32. The Kier molecular flexibility index (Phi) is 4.79. The van der Waals surface area contributed by atoms with E-state index >= 15 is 0 Å². The first-order valence-electron chi connectivity index (χ1n) is 6.48. The number of thioether (sulfide) groups is 2. The summed E-state index contributed by atoms with van der Waals surface area (Å²) >= 11 is 3.81. The number of carbonyl (C=O) groups excluding carboxylic acids is 1. The van der Waals surface area contributed by atoms with Gasteiger partial charge in [0.1, 0.15) is 0 Å². The molecule has 0 radical (unpaired) electrons. The number of ketones is 1. The standard InChI is InChI=1S/C15H20OS2/c1-4-13-15(18-8-7-17-13)14(16)12-9-10(2)5-6-11(12)3/h5-6,9,13,15H,4,7-8H2,1-3H3. The molecular weight excluding hydrogens is 260 g/mol. The molecule has 98 valence electrons. The van der Waals surface area contributed by atoms with Gasteiger partial charge >= 0.3 is 0 Å². The van der Waals surface area contributed by atoms with Crippen LogP contribution in [0, 0.1) is 13.8 Å². The molecule has 3 heteroatoms. The fraction of sp³-hybridized carbons (Fsp3) is 0.533. The highest BCUT2D eigenvalue weighted by atomic mass is 32.2. The Hall–Kier alpha value is -0.410. The van der Waals surface area contributed by atoms with Crippen molar-refractivity contribution in [3.05, 3.63) is 34.9 Å². The molecule has 2 atom stereocenters. The van der Waals surface area contributed by atoms with Gasteiger partial charge in [-0.25, -0.2) is 0 Å². The van der Waals surface area contributed by atoms with E-state index in [1.807, 2.05) is 36.5 Å². The van der Waals surface area contributed by atoms with E-state index in [0.29, 0.717) is 11.0 Å². The van der Waals surface area contributed by atoms with Crippen LogP contribution in [-0.2, 0) is 0 Å². The molecule has 1 aromatic carbocycles. The molecular formula is C15H20OS2. The van der Waals surface area contributed by atoms with Crippen molar-refractivity contribution >= 4 is 29.3 Å². The van der Waals surface area contributed by atoms with Crippen molar-refractivity contribution in [1.82, 2.24) is 0 Å². The summed E-state index contributed by atoms with van der Waals surface area (Å²) in [5.41, 5.74) is 3.20. The number of rotatable bonds is 3. The number of hydrogen-bond acceptors (Lipinski definition) is 3. The monoisotopic (exact) mass is 280 g/mol. The summed E-state index contributed by atoms with van der Waals surface area (Å²) in [5, 5.41) is 0.630. The average molecular weight is 280 g/mol. The maximum Gasteiger partial charge on any atom is 0.177 e. The highest BCUT2D eigenvalue weighted by Crippen LogP contribution is 2.35. The highest BCUT2D eigenvalue weighted by Gasteiger charge is 2.32. The first-order chi connectivity index (χ1) is 8.63. The minimum Gasteiger partial charge on any atom is -0.293 e. The zero-order valence-corrected chi connectivity index (χ0v) is 12.9. The molecule has 2 unspecified atom stereocenters. The van der Waals surface area contributed by atoms with Crippen LogP contribution in [0.5, 0.6) is 0 Å². The Labute approximate surface area is 118 Å². The molecule has 0 amide bonds. The average Bonchev–Trinajstić information content (AvgIpc) is 2.40. The lowest BCUT2D eigenvalue weighted by molar-refractivity contribution is 0.0987. The summed E-state index contributed by atoms with van der Waals surface area (Å²) < 4.78 is 0. The number of carbonyl (C=O) groups is 1. The lowest BCUT2D eigenvalue weighted by atomic mass is 9.98. The zero-order chi connectivity index (χ0) is 13.1. The van der Waals surface area contributed by atoms with Crippen LogP contribution in [0.4, 0.5) is 0 Å². The summed E-state index contributed by atoms with van der Waals surface area (Å²) in [6, 6.07) is 6.18. The Morgan fingerprint density at radius 1 is 1.28 bits per heavy atom. The molecule has 1 aliphatic heterocycles. The quantitative estimate of drug-likeness (QED) is 0.776. The van der Waals surface area contributed by atoms with E-state index < -0.39 is 0 Å². The maximum absolute atomic E-state index is 12.7. The van der Waals surface area contributed by atoms with E-state index in [1.165, 1.54) is 11.3 Å². The number of benzene rings is 1. The van der Waals surface area contributed by atoms with Crippen molar-refractivity contribution in [2.75, 3.05) is 11.5 Å². The summed E-state index contributed by atoms with van der Waals surface area (Å²) in [7, 11) is 0. The van der Waals surface area contributed by atoms with Crippen molar-refractivity contribution in [1.29, 1.82) is 0 Å². The van der Waals surface area contributed by atoms with Gasteiger partial charge in [0.05, 0.1) is 5.25 Å². The third-order valence-electron chi connectivity index (χ3n) is 3.37. The summed E-state index contributed by atoms with van der Waals surface area (Å²) in [6.45, 7) is 6.28. The van der Waals surface area contributed by atoms with Gasteiger partial charge in [-0.1, -0.05) is 24.6 Å². The van der Waals surface area contributed by atoms with Gasteiger partial charge in [0.25, 0.3) is 0 Å². The number of Topliss-reactive ketones (excluding diaryl/α,β-unsaturated/α-hetero) is 1. The van der Waals surface area contributed by atoms with Gasteiger partial charge in [0.2, 0.25) is 0 Å². The van der Waals surface area contributed by atoms with Gasteiger partial charge in [0.15, 0.2) is 5.78 Å². The van der Waals surface area contributed by atoms with Crippen molar-refractivity contribution in [3.8, 4) is 0 Å². The maximum atomic E-state index is 12.7. The normalized spacial score (nSPS) is 23.9. The lowest BCUT2D eigenvalue weighted by Crippen LogP contribution is -2.33. The summed E-state index contributed by atoms with van der Waals surface area (Å²) in [5.74, 6) is 2.61. The van der Waals surface area contributed by atoms with E-state index in [2.05, 4.69) is 26.0 Å². The van der Waals surface area contributed by atoms with Gasteiger partial charge < -0.3 is 0 Å². The van der Waals surface area contributed by atoms with Gasteiger partial charge in [-0.15, -0.1) is 11.8 Å². The van der Waals surface area contributed by atoms with Crippen LogP contribution in [0.1, 0.15) is 34.8 Å². The molecule has 1 aliphatic rings. The molecule has 1 heterocycles. The fourth-order valence-electron chi connectivity index (χ4n) is 2.30. The first-order valence-corrected chi connectivity index (χ1v) is 8.58. The predicted octanol–water partition coefficient (Wildman–Crippen LogP) is 4.11. The van der Waals surface area contributed by atoms with Gasteiger partial charge in [-0.2, -0.15) is 11.8 Å². The predicted molar refractivity (Wildman–Crippen MR) is 83.0 cm³/mol. The number of aryl methyl sites for hydroxylation is 2. The van der Waals surface area contributed by atoms with Gasteiger partial charge in [0, 0.05) is 22.3 Å². The Morgan fingerprint density at radius 3 is 2.72 bits per heavy atom. The molecule has 1 saturated heterocycles. The van der Waals surface area contributed by atoms with Crippen molar-refractivity contribution in [2.24, 2.45) is 0 Å². The van der Waals surface area contributed by atoms with E-state index in [4.69, 9.17) is 0 Å². The van der Waals surface area contributed by atoms with E-state index in [1.54, 1.807) is 0 Å². The SMILES string of the molecule is CCC1SCCSC1C(=O)c1cc(C)ccc1C. The molecule has 0 aromatic heterocycles. The molecule has 0 saturated carbocycles. The van der Waals surface area contributed by atoms with Crippen LogP contribution >= 0.6 is 23.5 Å². The van der Waals surface area contributed by atoms with Crippen LogP contribution in [0.2, 0.25) is 0 Å². The topological polar surface area (TPSA) is 17.1 Å². The molecule has 1 nitrogen and oxygen atoms in total. The second-order valence-corrected chi connectivity index (χ2v) is 7.39. The molecule has 0 spiro atoms. The van der Waals surface area contributed by atoms with Crippen molar-refractivity contribution in [3.63, 3.8) is 0 Å². The smallest absolute Gasteiger partial charge is 0.177 e. The van der Waals surface area contributed by atoms with Crippen LogP contribution in [0.3, 0.4) is 0 Å². The molecule has 1 aromatic rings. The molecule has 2 rings (SSSR count). The van der Waals surface area contributed by atoms with Crippen LogP contribution in [0.25, 0.3) is 0 Å². The zero-order valence-electron chi connectivity index (χ0n) is 11.2. The van der Waals surface area contributed by atoms with E-state index in [9.17, 15) is 4.79 Å². The van der Waals surface area contributed by atoms with Gasteiger partial charge in [-0.05, 0) is 31.9 Å². The first kappa shape index (κ1) is 14.0. The lowest BCUT2D eigenvalue weighted by Gasteiger charge is -2.29. The van der Waals surface area contributed by atoms with Crippen LogP contribution in [0.15, 0.2) is 18.2 Å². The molecule has 0 bridgehead atoms. The number of hydrogen-bond donors (Lipinski definition) is 0. The summed E-state index contributed by atoms with van der Waals surface area (Å²) in [6.07, 6.45) is 1.08. The molecule has 0 N–H and O–H groups in total. The highest BCUT2D eigenvalue weighted by molar-refractivity contribution is 8.07. The van der Waals surface area contributed by atoms with Crippen molar-refractivity contribution < 1.29 is 4.79 Å². The van der Waals surface area contributed by atoms with Crippen LogP contribution < -0.4 is 0 Å². The van der Waals surface area contributed by atoms with Crippen molar-refractivity contribution in [2.45, 2.75) is 37.7 Å². The second-order valence-electron chi connectivity index (χ2n) is 4.79. The molecule has 0 aliphatic carbocycles. The Morgan fingerprint density at radius 2 is 2.00 bits per heavy atom. The van der Waals surface area contributed by atoms with Crippen LogP contribution in [-0.4, -0.2) is 27.8 Å². The Bertz CT molecular complexity index is 442. The van der Waals surface area contributed by atoms with E-state index in [-0.39, 0.29) is 5.25 Å². The summed E-state index contributed by atoms with van der Waals surface area (Å²) in [4.78, 5) is 12.7. The molecule has 18 heavy (non-hydrogen) atoms. The van der Waals surface area contributed by atoms with Gasteiger partial charge in [-0.3, -0.25) is 4.79 Å². The van der Waals surface area contributed by atoms with E-state index in [0.717, 1.165) is 23.3 Å². The third kappa shape index (κ3) is 2.94. The Balaban J connectivity index is 2.26. The third-order valence-corrected chi connectivity index (χ3v) is 6.62. The minimum absolute atomic E-state index is 0.147. The minimum atomic E-state index is 0.147.